The van der Waals surface area contributed by atoms with Crippen LogP contribution in [0.1, 0.15) is 39.0 Å². The largest absolute Gasteiger partial charge is 0.149 e. The van der Waals surface area contributed by atoms with Gasteiger partial charge in [-0.05, 0) is 18.4 Å². The lowest BCUT2D eigenvalue weighted by atomic mass is 10.5. The zero-order chi connectivity index (χ0) is 9.11. The van der Waals surface area contributed by atoms with Crippen LogP contribution in [0.25, 0.3) is 0 Å². The Morgan fingerprint density at radius 2 is 1.73 bits per heavy atom. The summed E-state index contributed by atoms with van der Waals surface area (Å²) in [5.41, 5.74) is 0. The first-order valence-electron chi connectivity index (χ1n) is 4.31. The molecule has 0 spiro atoms. The van der Waals surface area contributed by atoms with Crippen LogP contribution in [0.4, 0.5) is 0 Å². The molecule has 0 unspecified atom stereocenters. The summed E-state index contributed by atoms with van der Waals surface area (Å²) in [5, 5.41) is 2.08. The molecule has 0 radical (unpaired) electrons. The van der Waals surface area contributed by atoms with Gasteiger partial charge in [-0.1, -0.05) is 40.2 Å². The minimum atomic E-state index is 1.25. The van der Waals surface area contributed by atoms with Crippen molar-refractivity contribution in [1.29, 1.82) is 0 Å². The van der Waals surface area contributed by atoms with E-state index in [9.17, 15) is 0 Å². The van der Waals surface area contributed by atoms with Crippen LogP contribution in [0.5, 0.6) is 0 Å². The molecule has 0 atom stereocenters. The van der Waals surface area contributed by atoms with Crippen LogP contribution in [0.3, 0.4) is 0 Å². The molecule has 0 aliphatic heterocycles. The summed E-state index contributed by atoms with van der Waals surface area (Å²) in [4.78, 5) is 1.38. The molecular weight excluding hydrogens is 152 g/mol. The van der Waals surface area contributed by atoms with Crippen molar-refractivity contribution in [2.75, 3.05) is 0 Å². The van der Waals surface area contributed by atoms with Gasteiger partial charge in [0.1, 0.15) is 0 Å². The van der Waals surface area contributed by atoms with Crippen LogP contribution in [-0.4, -0.2) is 0 Å². The van der Waals surface area contributed by atoms with Crippen LogP contribution in [-0.2, 0) is 0 Å². The van der Waals surface area contributed by atoms with Crippen LogP contribution in [0.15, 0.2) is 17.5 Å². The summed E-state index contributed by atoms with van der Waals surface area (Å²) in [7, 11) is 0. The quantitative estimate of drug-likeness (QED) is 0.540. The molecule has 1 heteroatoms. The van der Waals surface area contributed by atoms with E-state index in [1.54, 1.807) is 11.3 Å². The first-order valence-corrected chi connectivity index (χ1v) is 5.19. The van der Waals surface area contributed by atoms with Crippen LogP contribution < -0.4 is 0 Å². The fraction of sp³-hybridized carbons (Fsp3) is 0.600. The van der Waals surface area contributed by atoms with Gasteiger partial charge >= 0.3 is 0 Å². The van der Waals surface area contributed by atoms with Crippen LogP contribution in [0, 0.1) is 6.92 Å². The van der Waals surface area contributed by atoms with Gasteiger partial charge in [0.15, 0.2) is 0 Å². The molecule has 0 nitrogen and oxygen atoms in total. The van der Waals surface area contributed by atoms with E-state index < -0.39 is 0 Å². The monoisotopic (exact) mass is 172 g/mol. The van der Waals surface area contributed by atoms with Crippen molar-refractivity contribution in [3.05, 3.63) is 22.4 Å². The van der Waals surface area contributed by atoms with Gasteiger partial charge in [0, 0.05) is 4.88 Å². The van der Waals surface area contributed by atoms with Crippen molar-refractivity contribution < 1.29 is 0 Å². The van der Waals surface area contributed by atoms with Gasteiger partial charge in [0.2, 0.25) is 0 Å². The molecular formula is C10H20S. The predicted molar refractivity (Wildman–Crippen MR) is 56.4 cm³/mol. The topological polar surface area (TPSA) is 0 Å². The SMILES string of the molecule is CC.CCC.Cc1cccs1. The van der Waals surface area contributed by atoms with Crippen LogP contribution in [0.2, 0.25) is 0 Å². The second kappa shape index (κ2) is 12.4. The van der Waals surface area contributed by atoms with E-state index in [4.69, 9.17) is 0 Å². The Kier molecular flexibility index (Phi) is 15.0. The highest BCUT2D eigenvalue weighted by Gasteiger charge is 1.74. The Balaban J connectivity index is 0. The van der Waals surface area contributed by atoms with E-state index >= 15 is 0 Å². The molecule has 0 fully saturated rings. The van der Waals surface area contributed by atoms with Gasteiger partial charge in [0.05, 0.1) is 0 Å². The Morgan fingerprint density at radius 3 is 1.82 bits per heavy atom. The average Bonchev–Trinajstić information content (AvgIpc) is 2.46. The zero-order valence-corrected chi connectivity index (χ0v) is 9.16. The Bertz CT molecular complexity index is 119. The van der Waals surface area contributed by atoms with Crippen molar-refractivity contribution in [3.8, 4) is 0 Å². The maximum atomic E-state index is 2.12. The Morgan fingerprint density at radius 1 is 1.27 bits per heavy atom. The molecule has 0 amide bonds. The van der Waals surface area contributed by atoms with Gasteiger partial charge in [0.25, 0.3) is 0 Å². The number of aryl methyl sites for hydroxylation is 1. The van der Waals surface area contributed by atoms with Crippen molar-refractivity contribution in [3.63, 3.8) is 0 Å². The highest BCUT2D eigenvalue weighted by molar-refractivity contribution is 7.09. The molecule has 1 aromatic heterocycles. The zero-order valence-electron chi connectivity index (χ0n) is 8.35. The minimum absolute atomic E-state index is 1.25. The molecule has 0 aromatic carbocycles. The van der Waals surface area contributed by atoms with E-state index in [-0.39, 0.29) is 0 Å². The maximum absolute atomic E-state index is 2.12. The van der Waals surface area contributed by atoms with Crippen molar-refractivity contribution in [1.82, 2.24) is 0 Å². The van der Waals surface area contributed by atoms with Crippen molar-refractivity contribution in [2.45, 2.75) is 41.0 Å². The molecule has 0 aliphatic rings. The normalized spacial score (nSPS) is 7.00. The van der Waals surface area contributed by atoms with Crippen molar-refractivity contribution in [2.24, 2.45) is 0 Å². The van der Waals surface area contributed by atoms with Gasteiger partial charge in [-0.15, -0.1) is 11.3 Å². The van der Waals surface area contributed by atoms with E-state index in [1.807, 2.05) is 13.8 Å². The molecule has 1 aromatic rings. The molecule has 0 aliphatic carbocycles. The highest BCUT2D eigenvalue weighted by Crippen LogP contribution is 2.03. The first kappa shape index (κ1) is 13.3. The van der Waals surface area contributed by atoms with E-state index in [1.165, 1.54) is 11.3 Å². The summed E-state index contributed by atoms with van der Waals surface area (Å²) in [6.07, 6.45) is 1.25. The van der Waals surface area contributed by atoms with Gasteiger partial charge in [-0.3, -0.25) is 0 Å². The van der Waals surface area contributed by atoms with E-state index in [2.05, 4.69) is 38.3 Å². The Labute approximate surface area is 75.3 Å². The molecule has 0 bridgehead atoms. The lowest BCUT2D eigenvalue weighted by Gasteiger charge is -1.65. The minimum Gasteiger partial charge on any atom is -0.149 e. The first-order chi connectivity index (χ1) is 5.31. The van der Waals surface area contributed by atoms with Gasteiger partial charge < -0.3 is 0 Å². The lowest BCUT2D eigenvalue weighted by Crippen LogP contribution is -1.42. The molecule has 0 saturated carbocycles. The third-order valence-electron chi connectivity index (χ3n) is 0.663. The third kappa shape index (κ3) is 12.8. The standard InChI is InChI=1S/C5H6S.C3H8.C2H6/c1-5-3-2-4-6-5;1-3-2;1-2/h2-4H,1H3;3H2,1-2H3;1-2H3. The summed E-state index contributed by atoms with van der Waals surface area (Å²) in [6, 6.07) is 4.16. The maximum Gasteiger partial charge on any atom is 0.00141 e. The molecule has 0 saturated heterocycles. The molecule has 11 heavy (non-hydrogen) atoms. The smallest absolute Gasteiger partial charge is 0.00141 e. The second-order valence-electron chi connectivity index (χ2n) is 1.93. The summed E-state index contributed by atoms with van der Waals surface area (Å²) >= 11 is 1.78. The average molecular weight is 172 g/mol. The predicted octanol–water partition coefficient (Wildman–Crippen LogP) is 4.50. The van der Waals surface area contributed by atoms with Crippen molar-refractivity contribution >= 4 is 11.3 Å². The number of thiophene rings is 1. The van der Waals surface area contributed by atoms with Gasteiger partial charge in [-0.25, -0.2) is 0 Å². The molecule has 1 heterocycles. The van der Waals surface area contributed by atoms with E-state index in [0.717, 1.165) is 0 Å². The summed E-state index contributed by atoms with van der Waals surface area (Å²) in [5.74, 6) is 0. The van der Waals surface area contributed by atoms with E-state index in [0.29, 0.717) is 0 Å². The second-order valence-corrected chi connectivity index (χ2v) is 3.08. The number of rotatable bonds is 0. The fourth-order valence-electron chi connectivity index (χ4n) is 0.361. The van der Waals surface area contributed by atoms with Gasteiger partial charge in [-0.2, -0.15) is 0 Å². The highest BCUT2D eigenvalue weighted by atomic mass is 32.1. The third-order valence-corrected chi connectivity index (χ3v) is 1.46. The van der Waals surface area contributed by atoms with Crippen LogP contribution >= 0.6 is 11.3 Å². The Hall–Kier alpha value is -0.300. The molecule has 66 valence electrons. The number of hydrogen-bond acceptors (Lipinski definition) is 1. The molecule has 0 N–H and O–H groups in total. The fourth-order valence-corrected chi connectivity index (χ4v) is 0.890. The summed E-state index contributed by atoms with van der Waals surface area (Å²) < 4.78 is 0. The molecule has 1 rings (SSSR count). The number of hydrogen-bond donors (Lipinski definition) is 0. The lowest BCUT2D eigenvalue weighted by molar-refractivity contribution is 1.09. The summed E-state index contributed by atoms with van der Waals surface area (Å²) in [6.45, 7) is 10.4.